The summed E-state index contributed by atoms with van der Waals surface area (Å²) in [7, 11) is 0. The number of anilines is 1. The summed E-state index contributed by atoms with van der Waals surface area (Å²) in [6, 6.07) is 1.80. The molecule has 0 amide bonds. The predicted octanol–water partition coefficient (Wildman–Crippen LogP) is 1.33. The third-order valence-electron chi connectivity index (χ3n) is 3.62. The first-order valence-electron chi connectivity index (χ1n) is 6.20. The number of nitrogens with zero attached hydrogens (tertiary/aromatic N) is 3. The van der Waals surface area contributed by atoms with Crippen molar-refractivity contribution < 1.29 is 0 Å². The molecule has 0 saturated heterocycles. The molecule has 1 aliphatic carbocycles. The van der Waals surface area contributed by atoms with Crippen LogP contribution in [0.1, 0.15) is 32.5 Å². The molecule has 6 nitrogen and oxygen atoms in total. The van der Waals surface area contributed by atoms with Crippen LogP contribution in [0.2, 0.25) is 0 Å². The Labute approximate surface area is 104 Å². The van der Waals surface area contributed by atoms with Gasteiger partial charge < -0.3 is 5.32 Å². The Morgan fingerprint density at radius 1 is 1.50 bits per heavy atom. The first-order chi connectivity index (χ1) is 8.47. The Hall–Kier alpha value is -1.85. The summed E-state index contributed by atoms with van der Waals surface area (Å²) >= 11 is 0. The van der Waals surface area contributed by atoms with E-state index in [0.29, 0.717) is 17.4 Å². The average Bonchev–Trinajstić information content (AvgIpc) is 3.04. The molecule has 96 valence electrons. The van der Waals surface area contributed by atoms with Gasteiger partial charge in [-0.2, -0.15) is 5.10 Å². The smallest absolute Gasteiger partial charge is 0.349 e. The lowest BCUT2D eigenvalue weighted by Crippen LogP contribution is -2.34. The van der Waals surface area contributed by atoms with E-state index in [1.54, 1.807) is 13.0 Å². The van der Waals surface area contributed by atoms with E-state index in [1.165, 1.54) is 17.2 Å². The predicted molar refractivity (Wildman–Crippen MR) is 68.8 cm³/mol. The van der Waals surface area contributed by atoms with Gasteiger partial charge in [-0.3, -0.25) is 0 Å². The van der Waals surface area contributed by atoms with E-state index in [1.807, 2.05) is 0 Å². The van der Waals surface area contributed by atoms with Crippen LogP contribution in [0.5, 0.6) is 0 Å². The van der Waals surface area contributed by atoms with Gasteiger partial charge in [0, 0.05) is 11.6 Å². The molecule has 0 atom stereocenters. The number of nitrogens with one attached hydrogen (secondary N) is 2. The summed E-state index contributed by atoms with van der Waals surface area (Å²) in [5, 5.41) is 9.85. The van der Waals surface area contributed by atoms with E-state index >= 15 is 0 Å². The van der Waals surface area contributed by atoms with Crippen LogP contribution in [0.4, 0.5) is 5.82 Å². The molecule has 18 heavy (non-hydrogen) atoms. The standard InChI is InChI=1S/C12H17N5O/c1-7-13-9(14-12(2,3)8-4-5-8)6-10-15-16-11(18)17(7)10/h6,8,14H,4-5H2,1-3H3,(H,16,18). The minimum Gasteiger partial charge on any atom is -0.365 e. The van der Waals surface area contributed by atoms with Gasteiger partial charge in [-0.15, -0.1) is 0 Å². The Balaban J connectivity index is 2.00. The molecular weight excluding hydrogens is 230 g/mol. The number of aromatic amines is 1. The topological polar surface area (TPSA) is 75.1 Å². The Bertz CT molecular complexity index is 650. The van der Waals surface area contributed by atoms with Gasteiger partial charge in [-0.25, -0.2) is 19.3 Å². The highest BCUT2D eigenvalue weighted by Gasteiger charge is 2.37. The second-order valence-electron chi connectivity index (χ2n) is 5.53. The van der Waals surface area contributed by atoms with Gasteiger partial charge >= 0.3 is 5.69 Å². The van der Waals surface area contributed by atoms with Gasteiger partial charge in [-0.05, 0) is 39.5 Å². The molecule has 2 heterocycles. The highest BCUT2D eigenvalue weighted by Crippen LogP contribution is 2.40. The van der Waals surface area contributed by atoms with Crippen LogP contribution in [-0.4, -0.2) is 25.1 Å². The highest BCUT2D eigenvalue weighted by atomic mass is 16.1. The molecule has 0 aliphatic heterocycles. The van der Waals surface area contributed by atoms with Crippen molar-refractivity contribution in [3.8, 4) is 0 Å². The fourth-order valence-corrected chi connectivity index (χ4v) is 2.40. The molecule has 0 radical (unpaired) electrons. The van der Waals surface area contributed by atoms with Gasteiger partial charge in [0.25, 0.3) is 0 Å². The molecule has 2 N–H and O–H groups in total. The second kappa shape index (κ2) is 3.57. The van der Waals surface area contributed by atoms with Crippen molar-refractivity contribution in [2.24, 2.45) is 5.92 Å². The highest BCUT2D eigenvalue weighted by molar-refractivity contribution is 5.51. The van der Waals surface area contributed by atoms with E-state index in [9.17, 15) is 4.79 Å². The lowest BCUT2D eigenvalue weighted by Gasteiger charge is -2.26. The van der Waals surface area contributed by atoms with E-state index in [0.717, 1.165) is 5.82 Å². The summed E-state index contributed by atoms with van der Waals surface area (Å²) in [5.74, 6) is 2.12. The fraction of sp³-hybridized carbons (Fsp3) is 0.583. The molecule has 3 rings (SSSR count). The Morgan fingerprint density at radius 3 is 2.89 bits per heavy atom. The third kappa shape index (κ3) is 1.77. The van der Waals surface area contributed by atoms with Crippen LogP contribution in [0.3, 0.4) is 0 Å². The monoisotopic (exact) mass is 247 g/mol. The van der Waals surface area contributed by atoms with E-state index in [2.05, 4.69) is 34.3 Å². The maximum Gasteiger partial charge on any atom is 0.349 e. The maximum absolute atomic E-state index is 11.5. The number of H-pyrrole nitrogens is 1. The first kappa shape index (κ1) is 11.3. The zero-order chi connectivity index (χ0) is 12.9. The lowest BCUT2D eigenvalue weighted by atomic mass is 9.99. The second-order valence-corrected chi connectivity index (χ2v) is 5.53. The SMILES string of the molecule is Cc1nc(NC(C)(C)C2CC2)cc2n[nH]c(=O)n12. The number of aromatic nitrogens is 4. The van der Waals surface area contributed by atoms with E-state index < -0.39 is 0 Å². The molecule has 1 aliphatic rings. The van der Waals surface area contributed by atoms with Gasteiger partial charge in [0.1, 0.15) is 11.6 Å². The molecule has 0 aromatic carbocycles. The van der Waals surface area contributed by atoms with Crippen molar-refractivity contribution in [3.63, 3.8) is 0 Å². The summed E-state index contributed by atoms with van der Waals surface area (Å²) in [6.45, 7) is 6.17. The van der Waals surface area contributed by atoms with Crippen LogP contribution in [0.15, 0.2) is 10.9 Å². The molecule has 1 fully saturated rings. The van der Waals surface area contributed by atoms with E-state index in [-0.39, 0.29) is 11.2 Å². The van der Waals surface area contributed by atoms with Crippen LogP contribution >= 0.6 is 0 Å². The minimum absolute atomic E-state index is 0.0361. The fourth-order valence-electron chi connectivity index (χ4n) is 2.40. The summed E-state index contributed by atoms with van der Waals surface area (Å²) < 4.78 is 1.47. The zero-order valence-electron chi connectivity index (χ0n) is 10.8. The third-order valence-corrected chi connectivity index (χ3v) is 3.62. The minimum atomic E-state index is -0.247. The van der Waals surface area contributed by atoms with Crippen LogP contribution < -0.4 is 11.0 Å². The van der Waals surface area contributed by atoms with Crippen molar-refractivity contribution >= 4 is 11.5 Å². The average molecular weight is 247 g/mol. The van der Waals surface area contributed by atoms with Crippen LogP contribution in [0.25, 0.3) is 5.65 Å². The van der Waals surface area contributed by atoms with Gasteiger partial charge in [-0.1, -0.05) is 0 Å². The Morgan fingerprint density at radius 2 is 2.22 bits per heavy atom. The zero-order valence-corrected chi connectivity index (χ0v) is 10.8. The molecule has 0 spiro atoms. The largest absolute Gasteiger partial charge is 0.365 e. The molecule has 2 aromatic heterocycles. The molecule has 0 unspecified atom stereocenters. The number of fused-ring (bicyclic) bond motifs is 1. The van der Waals surface area contributed by atoms with Gasteiger partial charge in [0.05, 0.1) is 0 Å². The molecule has 2 aromatic rings. The van der Waals surface area contributed by atoms with E-state index in [4.69, 9.17) is 0 Å². The molecule has 0 bridgehead atoms. The Kier molecular flexibility index (Phi) is 2.23. The number of rotatable bonds is 3. The van der Waals surface area contributed by atoms with Gasteiger partial charge in [0.2, 0.25) is 0 Å². The molecular formula is C12H17N5O. The molecule has 6 heteroatoms. The quantitative estimate of drug-likeness (QED) is 0.858. The molecule has 1 saturated carbocycles. The van der Waals surface area contributed by atoms with Crippen molar-refractivity contribution in [2.75, 3.05) is 5.32 Å². The maximum atomic E-state index is 11.5. The number of hydrogen-bond acceptors (Lipinski definition) is 4. The van der Waals surface area contributed by atoms with Crippen molar-refractivity contribution in [1.29, 1.82) is 0 Å². The lowest BCUT2D eigenvalue weighted by molar-refractivity contribution is 0.492. The summed E-state index contributed by atoms with van der Waals surface area (Å²) in [4.78, 5) is 15.9. The van der Waals surface area contributed by atoms with Crippen molar-refractivity contribution in [2.45, 2.75) is 39.2 Å². The first-order valence-corrected chi connectivity index (χ1v) is 6.20. The number of aryl methyl sites for hydroxylation is 1. The normalized spacial score (nSPS) is 16.2. The van der Waals surface area contributed by atoms with Crippen molar-refractivity contribution in [1.82, 2.24) is 19.6 Å². The summed E-state index contributed by atoms with van der Waals surface area (Å²) in [5.41, 5.74) is 0.388. The number of hydrogen-bond donors (Lipinski definition) is 2. The van der Waals surface area contributed by atoms with Crippen LogP contribution in [0, 0.1) is 12.8 Å². The van der Waals surface area contributed by atoms with Crippen LogP contribution in [-0.2, 0) is 0 Å². The summed E-state index contributed by atoms with van der Waals surface area (Å²) in [6.07, 6.45) is 2.53. The van der Waals surface area contributed by atoms with Crippen molar-refractivity contribution in [3.05, 3.63) is 22.4 Å². The van der Waals surface area contributed by atoms with Gasteiger partial charge in [0.15, 0.2) is 5.65 Å².